The van der Waals surface area contributed by atoms with Gasteiger partial charge in [0.25, 0.3) is 0 Å². The molecule has 1 N–H and O–H groups in total. The number of quaternary nitrogens is 1. The van der Waals surface area contributed by atoms with Gasteiger partial charge in [-0.2, -0.15) is 0 Å². The van der Waals surface area contributed by atoms with Crippen LogP contribution in [0.2, 0.25) is 0 Å². The van der Waals surface area contributed by atoms with Gasteiger partial charge in [-0.05, 0) is 38.5 Å². The van der Waals surface area contributed by atoms with Crippen molar-refractivity contribution in [3.63, 3.8) is 0 Å². The fourth-order valence-corrected chi connectivity index (χ4v) is 7.52. The van der Waals surface area contributed by atoms with Crippen LogP contribution < -0.4 is 0 Å². The maximum absolute atomic E-state index is 12.7. The van der Waals surface area contributed by atoms with E-state index in [0.29, 0.717) is 23.9 Å². The SMILES string of the molecule is CCCCCCCC/C=C/CCCCCCCCCCCCCC(=O)OC[C@@H](COP(=O)(O)OCC[N+](C)(C)C)OC(=O)CCCCCCCCCCCCCC. The van der Waals surface area contributed by atoms with Crippen LogP contribution in [0.15, 0.2) is 12.2 Å². The first-order valence-corrected chi connectivity index (χ1v) is 25.4. The predicted octanol–water partition coefficient (Wildman–Crippen LogP) is 13.8. The molecule has 10 heteroatoms. The fourth-order valence-electron chi connectivity index (χ4n) is 6.77. The summed E-state index contributed by atoms with van der Waals surface area (Å²) in [7, 11) is 1.49. The molecule has 0 aliphatic carbocycles. The fraction of sp³-hybridized carbons (Fsp3) is 0.915. The van der Waals surface area contributed by atoms with Gasteiger partial charge in [0, 0.05) is 12.8 Å². The van der Waals surface area contributed by atoms with E-state index in [9.17, 15) is 19.0 Å². The van der Waals surface area contributed by atoms with Gasteiger partial charge < -0.3 is 18.9 Å². The zero-order chi connectivity index (χ0) is 42.1. The lowest BCUT2D eigenvalue weighted by atomic mass is 10.0. The smallest absolute Gasteiger partial charge is 0.462 e. The highest BCUT2D eigenvalue weighted by Crippen LogP contribution is 2.43. The number of phosphoric acid groups is 1. The predicted molar refractivity (Wildman–Crippen MR) is 238 cm³/mol. The van der Waals surface area contributed by atoms with Crippen molar-refractivity contribution in [1.29, 1.82) is 0 Å². The van der Waals surface area contributed by atoms with E-state index >= 15 is 0 Å². The summed E-state index contributed by atoms with van der Waals surface area (Å²) in [5.74, 6) is -0.788. The molecule has 57 heavy (non-hydrogen) atoms. The first-order valence-electron chi connectivity index (χ1n) is 23.9. The maximum atomic E-state index is 12.7. The van der Waals surface area contributed by atoms with E-state index in [1.54, 1.807) is 0 Å². The van der Waals surface area contributed by atoms with Gasteiger partial charge in [0.15, 0.2) is 6.10 Å². The number of ether oxygens (including phenoxy) is 2. The standard InChI is InChI=1S/C47H92NO8P/c1-6-8-10-12-14-16-18-20-21-22-23-24-25-26-27-28-30-31-33-35-37-39-46(49)53-43-45(44-55-57(51,52)54-42-41-48(3,4)5)56-47(50)40-38-36-34-32-29-19-17-15-13-11-9-7-2/h20-21,45H,6-19,22-44H2,1-5H3/p+1/b21-20+/t45-/m0/s1. The number of hydrogen-bond acceptors (Lipinski definition) is 7. The normalized spacial score (nSPS) is 13.6. The third-order valence-corrected chi connectivity index (χ3v) is 11.5. The van der Waals surface area contributed by atoms with Gasteiger partial charge in [-0.3, -0.25) is 18.6 Å². The van der Waals surface area contributed by atoms with Crippen LogP contribution in [0, 0.1) is 0 Å². The quantitative estimate of drug-likeness (QED) is 0.0213. The Hall–Kier alpha value is -1.25. The molecule has 0 radical (unpaired) electrons. The monoisotopic (exact) mass is 831 g/mol. The van der Waals surface area contributed by atoms with Crippen LogP contribution in [-0.2, 0) is 32.7 Å². The summed E-state index contributed by atoms with van der Waals surface area (Å²) in [5.41, 5.74) is 0. The van der Waals surface area contributed by atoms with E-state index in [1.807, 2.05) is 21.1 Å². The molecule has 0 amide bonds. The van der Waals surface area contributed by atoms with Gasteiger partial charge >= 0.3 is 19.8 Å². The molecule has 0 aromatic carbocycles. The Morgan fingerprint density at radius 3 is 1.30 bits per heavy atom. The summed E-state index contributed by atoms with van der Waals surface area (Å²) < 4.78 is 34.4. The number of esters is 2. The first kappa shape index (κ1) is 55.8. The Bertz CT molecular complexity index is 985. The summed E-state index contributed by atoms with van der Waals surface area (Å²) in [4.78, 5) is 35.4. The number of carbonyl (C=O) groups is 2. The van der Waals surface area contributed by atoms with Crippen molar-refractivity contribution in [3.8, 4) is 0 Å². The highest BCUT2D eigenvalue weighted by molar-refractivity contribution is 7.47. The summed E-state index contributed by atoms with van der Waals surface area (Å²) in [6, 6.07) is 0. The largest absolute Gasteiger partial charge is 0.472 e. The molecule has 0 fully saturated rings. The molecule has 0 aromatic rings. The average molecular weight is 831 g/mol. The number of carbonyl (C=O) groups excluding carboxylic acids is 2. The van der Waals surface area contributed by atoms with E-state index in [1.165, 1.54) is 161 Å². The molecule has 0 aliphatic rings. The molecule has 0 saturated carbocycles. The Balaban J connectivity index is 4.20. The number of rotatable bonds is 44. The molecule has 0 rings (SSSR count). The molecule has 0 aliphatic heterocycles. The molecular weight excluding hydrogens is 737 g/mol. The Morgan fingerprint density at radius 2 is 0.895 bits per heavy atom. The molecule has 338 valence electrons. The Morgan fingerprint density at radius 1 is 0.526 bits per heavy atom. The van der Waals surface area contributed by atoms with Crippen molar-refractivity contribution in [3.05, 3.63) is 12.2 Å². The van der Waals surface area contributed by atoms with Gasteiger partial charge in [0.05, 0.1) is 27.7 Å². The topological polar surface area (TPSA) is 108 Å². The van der Waals surface area contributed by atoms with Crippen molar-refractivity contribution in [1.82, 2.24) is 0 Å². The number of likely N-dealkylation sites (N-methyl/N-ethyl adjacent to an activating group) is 1. The zero-order valence-corrected chi connectivity index (χ0v) is 39.0. The average Bonchev–Trinajstić information content (AvgIpc) is 3.16. The molecule has 0 aromatic heterocycles. The van der Waals surface area contributed by atoms with Crippen LogP contribution in [0.5, 0.6) is 0 Å². The molecule has 0 spiro atoms. The summed E-state index contributed by atoms with van der Waals surface area (Å²) in [5, 5.41) is 0. The Kier molecular flexibility index (Phi) is 39.3. The second-order valence-electron chi connectivity index (χ2n) is 17.5. The van der Waals surface area contributed by atoms with E-state index in [2.05, 4.69) is 26.0 Å². The lowest BCUT2D eigenvalue weighted by molar-refractivity contribution is -0.870. The first-order chi connectivity index (χ1) is 27.5. The number of unbranched alkanes of at least 4 members (excludes halogenated alkanes) is 28. The van der Waals surface area contributed by atoms with E-state index in [-0.39, 0.29) is 25.6 Å². The van der Waals surface area contributed by atoms with Crippen LogP contribution in [0.4, 0.5) is 0 Å². The third-order valence-electron chi connectivity index (χ3n) is 10.5. The van der Waals surface area contributed by atoms with E-state index < -0.39 is 26.5 Å². The lowest BCUT2D eigenvalue weighted by Crippen LogP contribution is -2.37. The van der Waals surface area contributed by atoms with Crippen molar-refractivity contribution in [2.45, 2.75) is 232 Å². The number of allylic oxidation sites excluding steroid dienone is 2. The zero-order valence-electron chi connectivity index (χ0n) is 38.1. The molecule has 9 nitrogen and oxygen atoms in total. The van der Waals surface area contributed by atoms with Crippen LogP contribution >= 0.6 is 7.82 Å². The van der Waals surface area contributed by atoms with Crippen LogP contribution in [0.25, 0.3) is 0 Å². The van der Waals surface area contributed by atoms with Crippen LogP contribution in [-0.4, -0.2) is 74.9 Å². The van der Waals surface area contributed by atoms with Crippen LogP contribution in [0.3, 0.4) is 0 Å². The van der Waals surface area contributed by atoms with Crippen molar-refractivity contribution >= 4 is 19.8 Å². The van der Waals surface area contributed by atoms with Crippen molar-refractivity contribution in [2.24, 2.45) is 0 Å². The maximum Gasteiger partial charge on any atom is 0.472 e. The summed E-state index contributed by atoms with van der Waals surface area (Å²) in [6.07, 6.45) is 42.6. The van der Waals surface area contributed by atoms with Gasteiger partial charge in [-0.15, -0.1) is 0 Å². The minimum absolute atomic E-state index is 0.0351. The highest BCUT2D eigenvalue weighted by Gasteiger charge is 2.27. The van der Waals surface area contributed by atoms with Gasteiger partial charge in [0.2, 0.25) is 0 Å². The third kappa shape index (κ3) is 44.1. The van der Waals surface area contributed by atoms with E-state index in [0.717, 1.165) is 32.1 Å². The van der Waals surface area contributed by atoms with Gasteiger partial charge in [-0.1, -0.05) is 187 Å². The molecule has 2 atom stereocenters. The molecule has 0 saturated heterocycles. The lowest BCUT2D eigenvalue weighted by Gasteiger charge is -2.24. The van der Waals surface area contributed by atoms with Gasteiger partial charge in [-0.25, -0.2) is 4.57 Å². The van der Waals surface area contributed by atoms with E-state index in [4.69, 9.17) is 18.5 Å². The molecular formula is C47H93NO8P+. The summed E-state index contributed by atoms with van der Waals surface area (Å²) in [6.45, 7) is 4.44. The number of nitrogens with zero attached hydrogens (tertiary/aromatic N) is 1. The van der Waals surface area contributed by atoms with Gasteiger partial charge in [0.1, 0.15) is 19.8 Å². The number of phosphoric ester groups is 1. The number of hydrogen-bond donors (Lipinski definition) is 1. The minimum atomic E-state index is -4.37. The molecule has 0 bridgehead atoms. The highest BCUT2D eigenvalue weighted by atomic mass is 31.2. The van der Waals surface area contributed by atoms with Crippen LogP contribution in [0.1, 0.15) is 226 Å². The minimum Gasteiger partial charge on any atom is -0.462 e. The van der Waals surface area contributed by atoms with Crippen molar-refractivity contribution in [2.75, 3.05) is 47.5 Å². The molecule has 0 heterocycles. The second-order valence-corrected chi connectivity index (χ2v) is 19.0. The Labute approximate surface area is 352 Å². The summed E-state index contributed by atoms with van der Waals surface area (Å²) >= 11 is 0. The van der Waals surface area contributed by atoms with Crippen molar-refractivity contribution < 1.29 is 42.1 Å². The molecule has 1 unspecified atom stereocenters. The second kappa shape index (κ2) is 40.2.